The Morgan fingerprint density at radius 3 is 2.55 bits per heavy atom. The SMILES string of the molecule is NC(=O)[C@@H]1C[C@H]1CC(c1ccc(-c2cc(Cl)ccc2-[n+]2cnn[nH]2)cn1)n1cc(-c2ccc(C(=O)O)cc2)cn1. The number of H-pyrrole nitrogens is 1. The molecule has 3 atom stereocenters. The molecule has 4 N–H and O–H groups in total. The third-order valence-electron chi connectivity index (χ3n) is 7.23. The number of aromatic nitrogens is 7. The summed E-state index contributed by atoms with van der Waals surface area (Å²) < 4.78 is 3.53. The zero-order valence-electron chi connectivity index (χ0n) is 21.1. The van der Waals surface area contributed by atoms with Crippen LogP contribution in [0.3, 0.4) is 0 Å². The van der Waals surface area contributed by atoms with Crippen molar-refractivity contribution in [1.82, 2.24) is 30.3 Å². The summed E-state index contributed by atoms with van der Waals surface area (Å²) in [6, 6.07) is 15.9. The lowest BCUT2D eigenvalue weighted by Gasteiger charge is -2.18. The van der Waals surface area contributed by atoms with Gasteiger partial charge in [-0.15, -0.1) is 4.68 Å². The lowest BCUT2D eigenvalue weighted by Crippen LogP contribution is -2.32. The number of rotatable bonds is 9. The fourth-order valence-corrected chi connectivity index (χ4v) is 5.15. The summed E-state index contributed by atoms with van der Waals surface area (Å²) in [4.78, 5) is 27.8. The predicted octanol–water partition coefficient (Wildman–Crippen LogP) is 3.46. The molecule has 3 heterocycles. The van der Waals surface area contributed by atoms with E-state index >= 15 is 0 Å². The molecule has 2 aromatic carbocycles. The number of nitrogens with zero attached hydrogens (tertiary/aromatic N) is 6. The van der Waals surface area contributed by atoms with Gasteiger partial charge in [-0.1, -0.05) is 35.0 Å². The number of carbonyl (C=O) groups is 2. The number of carbonyl (C=O) groups excluding carboxylic acids is 1. The van der Waals surface area contributed by atoms with Crippen LogP contribution in [0.25, 0.3) is 27.9 Å². The van der Waals surface area contributed by atoms with Crippen molar-refractivity contribution in [2.45, 2.75) is 18.9 Å². The number of aromatic carboxylic acids is 1. The number of hydrogen-bond donors (Lipinski definition) is 3. The fourth-order valence-electron chi connectivity index (χ4n) is 4.98. The average Bonchev–Trinajstić information content (AvgIpc) is 3.30. The van der Waals surface area contributed by atoms with E-state index in [0.717, 1.165) is 40.1 Å². The summed E-state index contributed by atoms with van der Waals surface area (Å²) in [5, 5.41) is 24.9. The van der Waals surface area contributed by atoms with Gasteiger partial charge in [0.05, 0.1) is 23.5 Å². The molecule has 0 saturated heterocycles. The van der Waals surface area contributed by atoms with Crippen molar-refractivity contribution in [2.24, 2.45) is 17.6 Å². The third kappa shape index (κ3) is 5.06. The van der Waals surface area contributed by atoms with Crippen LogP contribution >= 0.6 is 11.6 Å². The second-order valence-electron chi connectivity index (χ2n) is 9.78. The maximum atomic E-state index is 11.8. The highest BCUT2D eigenvalue weighted by Gasteiger charge is 2.43. The highest BCUT2D eigenvalue weighted by molar-refractivity contribution is 6.31. The number of amides is 1. The smallest absolute Gasteiger partial charge is 0.335 e. The van der Waals surface area contributed by atoms with Gasteiger partial charge in [0.1, 0.15) is 10.8 Å². The number of halogens is 1. The standard InChI is InChI=1S/C28H23ClN8O3/c29-21-6-8-25(37-15-32-34-35-37)22(11-21)18-5-7-24(31-12-18)26(10-19-9-23(19)27(30)38)36-14-20(13-33-36)16-1-3-17(4-2-16)28(39)40/h1-8,11-15,19,23,26H,9-10H2,(H3,30,38,39,40)/p+1/t19-,23+,26?/m0/s1. The highest BCUT2D eigenvalue weighted by Crippen LogP contribution is 2.45. The second kappa shape index (κ2) is 10.3. The minimum Gasteiger partial charge on any atom is -0.478 e. The molecule has 0 spiro atoms. The lowest BCUT2D eigenvalue weighted by molar-refractivity contribution is -0.659. The van der Waals surface area contributed by atoms with Crippen LogP contribution in [0.4, 0.5) is 0 Å². The van der Waals surface area contributed by atoms with E-state index in [0.29, 0.717) is 11.4 Å². The monoisotopic (exact) mass is 555 g/mol. The molecular weight excluding hydrogens is 532 g/mol. The number of tetrazole rings is 1. The maximum Gasteiger partial charge on any atom is 0.335 e. The molecule has 0 aliphatic heterocycles. The van der Waals surface area contributed by atoms with E-state index in [9.17, 15) is 14.7 Å². The summed E-state index contributed by atoms with van der Waals surface area (Å²) in [6.45, 7) is 0. The summed E-state index contributed by atoms with van der Waals surface area (Å²) in [5.74, 6) is -1.26. The minimum atomic E-state index is -0.977. The zero-order chi connectivity index (χ0) is 27.8. The molecule has 1 amide bonds. The molecular formula is C28H24ClN8O3+. The molecule has 1 unspecified atom stereocenters. The number of primary amides is 1. The molecule has 3 aromatic heterocycles. The van der Waals surface area contributed by atoms with Crippen molar-refractivity contribution in [2.75, 3.05) is 0 Å². The van der Waals surface area contributed by atoms with Crippen molar-refractivity contribution in [3.63, 3.8) is 0 Å². The number of nitrogens with one attached hydrogen (secondary N) is 1. The third-order valence-corrected chi connectivity index (χ3v) is 7.47. The van der Waals surface area contributed by atoms with Gasteiger partial charge in [0, 0.05) is 40.0 Å². The van der Waals surface area contributed by atoms with Crippen LogP contribution in [0, 0.1) is 11.8 Å². The van der Waals surface area contributed by atoms with Gasteiger partial charge in [0.25, 0.3) is 6.33 Å². The normalized spacial score (nSPS) is 16.9. The second-order valence-corrected chi connectivity index (χ2v) is 10.2. The molecule has 11 nitrogen and oxygen atoms in total. The predicted molar refractivity (Wildman–Crippen MR) is 144 cm³/mol. The number of pyridine rings is 1. The average molecular weight is 556 g/mol. The Kier molecular flexibility index (Phi) is 6.56. The van der Waals surface area contributed by atoms with Crippen LogP contribution < -0.4 is 10.4 Å². The van der Waals surface area contributed by atoms with Gasteiger partial charge in [0.2, 0.25) is 5.91 Å². The molecule has 1 aliphatic carbocycles. The molecule has 200 valence electrons. The Labute approximate surface area is 233 Å². The Morgan fingerprint density at radius 2 is 1.90 bits per heavy atom. The van der Waals surface area contributed by atoms with E-state index in [1.54, 1.807) is 53.7 Å². The van der Waals surface area contributed by atoms with Gasteiger partial charge in [0.15, 0.2) is 5.21 Å². The first kappa shape index (κ1) is 25.4. The van der Waals surface area contributed by atoms with Crippen molar-refractivity contribution in [3.8, 4) is 27.9 Å². The first-order valence-corrected chi connectivity index (χ1v) is 13.0. The first-order chi connectivity index (χ1) is 19.4. The van der Waals surface area contributed by atoms with Crippen LogP contribution in [0.5, 0.6) is 0 Å². The lowest BCUT2D eigenvalue weighted by atomic mass is 10.0. The van der Waals surface area contributed by atoms with Crippen LogP contribution in [0.1, 0.15) is 34.9 Å². The Hall–Kier alpha value is -4.90. The fraction of sp³-hybridized carbons (Fsp3) is 0.179. The number of benzene rings is 2. The van der Waals surface area contributed by atoms with E-state index in [2.05, 4.69) is 20.6 Å². The van der Waals surface area contributed by atoms with Crippen molar-refractivity contribution >= 4 is 23.5 Å². The van der Waals surface area contributed by atoms with Gasteiger partial charge >= 0.3 is 5.97 Å². The maximum absolute atomic E-state index is 11.8. The number of hydrogen-bond acceptors (Lipinski definition) is 6. The highest BCUT2D eigenvalue weighted by atomic mass is 35.5. The molecule has 1 aliphatic rings. The molecule has 40 heavy (non-hydrogen) atoms. The van der Waals surface area contributed by atoms with Crippen molar-refractivity contribution in [3.05, 3.63) is 95.8 Å². The number of nitrogens with two attached hydrogens (primary N) is 1. The number of carboxylic acids is 1. The molecule has 0 radical (unpaired) electrons. The quantitative estimate of drug-likeness (QED) is 0.235. The van der Waals surface area contributed by atoms with Gasteiger partial charge in [-0.05, 0) is 60.7 Å². The molecule has 1 fully saturated rings. The summed E-state index contributed by atoms with van der Waals surface area (Å²) >= 11 is 6.32. The summed E-state index contributed by atoms with van der Waals surface area (Å²) in [5.41, 5.74) is 10.8. The Balaban J connectivity index is 1.33. The molecule has 1 saturated carbocycles. The molecule has 5 aromatic rings. The topological polar surface area (TPSA) is 157 Å². The van der Waals surface area contributed by atoms with E-state index in [1.165, 1.54) is 0 Å². The van der Waals surface area contributed by atoms with Crippen LogP contribution in [-0.4, -0.2) is 47.3 Å². The van der Waals surface area contributed by atoms with Crippen LogP contribution in [0.2, 0.25) is 5.02 Å². The summed E-state index contributed by atoms with van der Waals surface area (Å²) in [6.07, 6.45) is 8.40. The molecule has 0 bridgehead atoms. The van der Waals surface area contributed by atoms with E-state index in [4.69, 9.17) is 22.3 Å². The van der Waals surface area contributed by atoms with E-state index in [-0.39, 0.29) is 29.3 Å². The molecule has 6 rings (SSSR count). The van der Waals surface area contributed by atoms with Crippen LogP contribution in [-0.2, 0) is 4.79 Å². The summed E-state index contributed by atoms with van der Waals surface area (Å²) in [7, 11) is 0. The van der Waals surface area contributed by atoms with Crippen molar-refractivity contribution in [1.29, 1.82) is 0 Å². The number of aromatic amines is 1. The van der Waals surface area contributed by atoms with Crippen LogP contribution in [0.15, 0.2) is 79.5 Å². The largest absolute Gasteiger partial charge is 0.478 e. The van der Waals surface area contributed by atoms with Gasteiger partial charge in [-0.25, -0.2) is 4.79 Å². The number of carboxylic acid groups (broad SMARTS) is 1. The van der Waals surface area contributed by atoms with Gasteiger partial charge in [-0.3, -0.25) is 14.5 Å². The Morgan fingerprint density at radius 1 is 1.10 bits per heavy atom. The van der Waals surface area contributed by atoms with Gasteiger partial charge < -0.3 is 10.8 Å². The molecule has 12 heteroatoms. The van der Waals surface area contributed by atoms with E-state index < -0.39 is 5.97 Å². The Bertz CT molecular complexity index is 1680. The van der Waals surface area contributed by atoms with E-state index in [1.807, 2.05) is 35.1 Å². The van der Waals surface area contributed by atoms with Crippen molar-refractivity contribution < 1.29 is 19.4 Å². The van der Waals surface area contributed by atoms with Gasteiger partial charge in [-0.2, -0.15) is 5.10 Å². The minimum absolute atomic E-state index is 0.144. The first-order valence-electron chi connectivity index (χ1n) is 12.6. The zero-order valence-corrected chi connectivity index (χ0v) is 21.8.